The van der Waals surface area contributed by atoms with Crippen LogP contribution in [0.15, 0.2) is 81.4 Å². The second kappa shape index (κ2) is 8.19. The zero-order valence-electron chi connectivity index (χ0n) is 18.1. The maximum absolute atomic E-state index is 13.4. The summed E-state index contributed by atoms with van der Waals surface area (Å²) in [4.78, 5) is 21.6. The number of oxazole rings is 1. The molecule has 0 spiro atoms. The summed E-state index contributed by atoms with van der Waals surface area (Å²) in [6, 6.07) is 13.6. The zero-order chi connectivity index (χ0) is 24.0. The second-order valence-electron chi connectivity index (χ2n) is 7.78. The molecule has 0 aliphatic rings. The summed E-state index contributed by atoms with van der Waals surface area (Å²) in [5, 5.41) is 5.20. The van der Waals surface area contributed by atoms with Gasteiger partial charge in [0.15, 0.2) is 22.0 Å². The van der Waals surface area contributed by atoms with E-state index in [0.717, 1.165) is 22.1 Å². The van der Waals surface area contributed by atoms with Crippen LogP contribution in [0.1, 0.15) is 5.56 Å². The van der Waals surface area contributed by atoms with Gasteiger partial charge in [-0.1, -0.05) is 17.7 Å². The van der Waals surface area contributed by atoms with Crippen LogP contribution in [0.25, 0.3) is 39.2 Å². The summed E-state index contributed by atoms with van der Waals surface area (Å²) < 4.78 is 31.5. The van der Waals surface area contributed by atoms with E-state index in [1.54, 1.807) is 18.3 Å². The van der Waals surface area contributed by atoms with Gasteiger partial charge >= 0.3 is 0 Å². The molecule has 0 aliphatic heterocycles. The van der Waals surface area contributed by atoms with E-state index in [9.17, 15) is 13.2 Å². The summed E-state index contributed by atoms with van der Waals surface area (Å²) in [7, 11) is -3.72. The molecule has 8 nitrogen and oxygen atoms in total. The quantitative estimate of drug-likeness (QED) is 0.364. The molecule has 0 radical (unpaired) electrons. The number of aromatic nitrogens is 4. The zero-order valence-corrected chi connectivity index (χ0v) is 19.6. The minimum atomic E-state index is -3.72. The number of rotatable bonds is 4. The molecule has 34 heavy (non-hydrogen) atoms. The minimum absolute atomic E-state index is 0.0198. The molecule has 0 unspecified atom stereocenters. The van der Waals surface area contributed by atoms with Crippen LogP contribution in [-0.2, 0) is 9.84 Å². The van der Waals surface area contributed by atoms with Crippen LogP contribution in [-0.4, -0.2) is 34.4 Å². The molecule has 3 aromatic heterocycles. The van der Waals surface area contributed by atoms with Gasteiger partial charge in [-0.15, -0.1) is 0 Å². The van der Waals surface area contributed by atoms with E-state index < -0.39 is 15.4 Å². The average Bonchev–Trinajstić information content (AvgIpc) is 3.34. The highest BCUT2D eigenvalue weighted by Gasteiger charge is 2.23. The van der Waals surface area contributed by atoms with Crippen LogP contribution in [0, 0.1) is 6.92 Å². The van der Waals surface area contributed by atoms with E-state index >= 15 is 0 Å². The SMILES string of the molecule is Cc1cc(-c2cnco2)cc(-c2nn(-c3c(Cl)cccc3S(C)(=O)=O)c(=O)c3ncccc23)c1. The van der Waals surface area contributed by atoms with Crippen molar-refractivity contribution in [3.05, 3.63) is 88.3 Å². The second-order valence-corrected chi connectivity index (χ2v) is 10.2. The third kappa shape index (κ3) is 3.78. The summed E-state index contributed by atoms with van der Waals surface area (Å²) >= 11 is 6.41. The largest absolute Gasteiger partial charge is 0.444 e. The number of para-hydroxylation sites is 1. The van der Waals surface area contributed by atoms with E-state index in [2.05, 4.69) is 15.1 Å². The fraction of sp³-hybridized carbons (Fsp3) is 0.0833. The van der Waals surface area contributed by atoms with Crippen molar-refractivity contribution in [2.75, 3.05) is 6.26 Å². The monoisotopic (exact) mass is 492 g/mol. The fourth-order valence-electron chi connectivity index (χ4n) is 3.85. The van der Waals surface area contributed by atoms with Crippen LogP contribution < -0.4 is 5.56 Å². The number of hydrogen-bond acceptors (Lipinski definition) is 7. The molecule has 0 bridgehead atoms. The van der Waals surface area contributed by atoms with Crippen molar-refractivity contribution in [3.63, 3.8) is 0 Å². The molecular formula is C24H17ClN4O4S. The number of aryl methyl sites for hydroxylation is 1. The first-order chi connectivity index (χ1) is 16.2. The van der Waals surface area contributed by atoms with E-state index in [0.29, 0.717) is 22.4 Å². The third-order valence-corrected chi connectivity index (χ3v) is 6.72. The third-order valence-electron chi connectivity index (χ3n) is 5.29. The van der Waals surface area contributed by atoms with Gasteiger partial charge in [-0.2, -0.15) is 9.78 Å². The Bertz CT molecular complexity index is 1730. The van der Waals surface area contributed by atoms with Crippen LogP contribution in [0.3, 0.4) is 0 Å². The van der Waals surface area contributed by atoms with Gasteiger partial charge < -0.3 is 4.42 Å². The molecule has 0 saturated carbocycles. The molecule has 0 aliphatic carbocycles. The molecule has 2 aromatic carbocycles. The molecule has 5 rings (SSSR count). The average molecular weight is 493 g/mol. The van der Waals surface area contributed by atoms with Crippen LogP contribution >= 0.6 is 11.6 Å². The highest BCUT2D eigenvalue weighted by molar-refractivity contribution is 7.90. The van der Waals surface area contributed by atoms with Gasteiger partial charge in [-0.25, -0.2) is 13.4 Å². The van der Waals surface area contributed by atoms with Crippen molar-refractivity contribution < 1.29 is 12.8 Å². The first-order valence-electron chi connectivity index (χ1n) is 10.1. The van der Waals surface area contributed by atoms with Gasteiger partial charge in [0.1, 0.15) is 16.9 Å². The van der Waals surface area contributed by atoms with Crippen LogP contribution in [0.4, 0.5) is 0 Å². The Morgan fingerprint density at radius 3 is 2.59 bits per heavy atom. The van der Waals surface area contributed by atoms with Gasteiger partial charge in [0.05, 0.1) is 16.1 Å². The summed E-state index contributed by atoms with van der Waals surface area (Å²) in [6.07, 6.45) is 5.50. The lowest BCUT2D eigenvalue weighted by Gasteiger charge is -2.15. The Kier molecular flexibility index (Phi) is 5.30. The fourth-order valence-corrected chi connectivity index (χ4v) is 5.04. The van der Waals surface area contributed by atoms with Crippen molar-refractivity contribution >= 4 is 32.3 Å². The predicted octanol–water partition coefficient (Wildman–Crippen LogP) is 4.47. The lowest BCUT2D eigenvalue weighted by atomic mass is 10.0. The number of nitrogens with zero attached hydrogens (tertiary/aromatic N) is 4. The molecule has 0 amide bonds. The maximum Gasteiger partial charge on any atom is 0.298 e. The first-order valence-corrected chi connectivity index (χ1v) is 12.4. The number of halogens is 1. The normalized spacial score (nSPS) is 11.7. The smallest absolute Gasteiger partial charge is 0.298 e. The Labute approximate surface area is 199 Å². The highest BCUT2D eigenvalue weighted by Crippen LogP contribution is 2.32. The first kappa shape index (κ1) is 22.0. The van der Waals surface area contributed by atoms with E-state index in [4.69, 9.17) is 16.0 Å². The topological polar surface area (TPSA) is 108 Å². The molecule has 0 atom stereocenters. The van der Waals surface area contributed by atoms with Crippen molar-refractivity contribution in [3.8, 4) is 28.3 Å². The number of fused-ring (bicyclic) bond motifs is 1. The van der Waals surface area contributed by atoms with E-state index in [-0.39, 0.29) is 21.1 Å². The Morgan fingerprint density at radius 2 is 1.85 bits per heavy atom. The van der Waals surface area contributed by atoms with Gasteiger partial charge in [-0.05, 0) is 55.0 Å². The molecule has 0 saturated heterocycles. The highest BCUT2D eigenvalue weighted by atomic mass is 35.5. The Morgan fingerprint density at radius 1 is 1.06 bits per heavy atom. The number of hydrogen-bond donors (Lipinski definition) is 0. The predicted molar refractivity (Wildman–Crippen MR) is 129 cm³/mol. The number of benzene rings is 2. The summed E-state index contributed by atoms with van der Waals surface area (Å²) in [6.45, 7) is 1.93. The maximum atomic E-state index is 13.4. The van der Waals surface area contributed by atoms with Gasteiger partial charge in [0.2, 0.25) is 0 Å². The van der Waals surface area contributed by atoms with Gasteiger partial charge in [0, 0.05) is 29.0 Å². The lowest BCUT2D eigenvalue weighted by molar-refractivity contribution is 0.572. The van der Waals surface area contributed by atoms with E-state index in [1.165, 1.54) is 30.8 Å². The molecule has 10 heteroatoms. The van der Waals surface area contributed by atoms with Crippen molar-refractivity contribution in [1.82, 2.24) is 19.7 Å². The van der Waals surface area contributed by atoms with Gasteiger partial charge in [-0.3, -0.25) is 9.78 Å². The van der Waals surface area contributed by atoms with E-state index in [1.807, 2.05) is 25.1 Å². The number of sulfone groups is 1. The molecule has 5 aromatic rings. The molecule has 0 N–H and O–H groups in total. The van der Waals surface area contributed by atoms with Gasteiger partial charge in [0.25, 0.3) is 5.56 Å². The molecule has 170 valence electrons. The Balaban J connectivity index is 1.88. The Hall–Kier alpha value is -3.82. The molecular weight excluding hydrogens is 476 g/mol. The number of pyridine rings is 1. The van der Waals surface area contributed by atoms with Crippen molar-refractivity contribution in [1.29, 1.82) is 0 Å². The molecule has 0 fully saturated rings. The molecule has 3 heterocycles. The van der Waals surface area contributed by atoms with Crippen LogP contribution in [0.5, 0.6) is 0 Å². The van der Waals surface area contributed by atoms with Crippen molar-refractivity contribution in [2.45, 2.75) is 11.8 Å². The van der Waals surface area contributed by atoms with Crippen molar-refractivity contribution in [2.24, 2.45) is 0 Å². The summed E-state index contributed by atoms with van der Waals surface area (Å²) in [5.74, 6) is 0.575. The lowest BCUT2D eigenvalue weighted by Crippen LogP contribution is -2.25. The summed E-state index contributed by atoms with van der Waals surface area (Å²) in [5.41, 5.74) is 2.36. The minimum Gasteiger partial charge on any atom is -0.444 e. The van der Waals surface area contributed by atoms with Crippen LogP contribution in [0.2, 0.25) is 5.02 Å². The standard InChI is InChI=1S/C24H17ClN4O4S/c1-14-9-15(19-12-26-13-33-19)11-16(10-14)21-17-5-4-8-27-22(17)24(30)29(28-21)23-18(25)6-3-7-20(23)34(2,31)32/h3-13H,1-2H3.